The highest BCUT2D eigenvalue weighted by Crippen LogP contribution is 2.23. The molecule has 0 saturated heterocycles. The predicted octanol–water partition coefficient (Wildman–Crippen LogP) is 1.64. The van der Waals surface area contributed by atoms with Crippen molar-refractivity contribution in [3.05, 3.63) is 52.6 Å². The molecule has 1 aromatic carbocycles. The van der Waals surface area contributed by atoms with E-state index in [0.29, 0.717) is 0 Å². The van der Waals surface area contributed by atoms with Gasteiger partial charge in [0, 0.05) is 4.92 Å². The Hall–Kier alpha value is -1.73. The first-order chi connectivity index (χ1) is 9.26. The second-order valence-corrected chi connectivity index (χ2v) is 6.56. The Morgan fingerprint density at radius 1 is 1.20 bits per heavy atom. The maximum absolute atomic E-state index is 12.3. The number of benzene rings is 1. The van der Waals surface area contributed by atoms with Crippen molar-refractivity contribution < 1.29 is 18.4 Å². The third-order valence-electron chi connectivity index (χ3n) is 2.74. The number of hydrogen-bond donors (Lipinski definition) is 1. The molecular weight excluding hydrogens is 282 g/mol. The molecule has 0 saturated carbocycles. The molecule has 0 aromatic heterocycles. The number of hydrogen-bond acceptors (Lipinski definition) is 5. The van der Waals surface area contributed by atoms with E-state index < -0.39 is 32.2 Å². The summed E-state index contributed by atoms with van der Waals surface area (Å²) in [6.07, 6.45) is 1.89. The van der Waals surface area contributed by atoms with Crippen LogP contribution in [-0.4, -0.2) is 29.9 Å². The fourth-order valence-electron chi connectivity index (χ4n) is 1.77. The van der Waals surface area contributed by atoms with Crippen LogP contribution < -0.4 is 0 Å². The van der Waals surface area contributed by atoms with Crippen LogP contribution in [0.5, 0.6) is 0 Å². The van der Waals surface area contributed by atoms with E-state index in [0.717, 1.165) is 0 Å². The van der Waals surface area contributed by atoms with E-state index in [2.05, 4.69) is 0 Å². The molecule has 0 bridgehead atoms. The van der Waals surface area contributed by atoms with Crippen LogP contribution in [0, 0.1) is 16.0 Å². The zero-order valence-corrected chi connectivity index (χ0v) is 12.0. The van der Waals surface area contributed by atoms with Gasteiger partial charge in [0.2, 0.25) is 9.84 Å². The number of nitro groups is 1. The molecule has 0 spiro atoms. The molecule has 0 heterocycles. The quantitative estimate of drug-likeness (QED) is 0.489. The van der Waals surface area contributed by atoms with Crippen LogP contribution in [0.4, 0.5) is 0 Å². The summed E-state index contributed by atoms with van der Waals surface area (Å²) in [5.41, 5.74) is 0. The second kappa shape index (κ2) is 6.62. The Morgan fingerprint density at radius 2 is 1.75 bits per heavy atom. The molecule has 0 aliphatic heterocycles. The van der Waals surface area contributed by atoms with Crippen molar-refractivity contribution >= 4 is 9.84 Å². The van der Waals surface area contributed by atoms with Crippen molar-refractivity contribution in [2.45, 2.75) is 30.2 Å². The first kappa shape index (κ1) is 16.3. The van der Waals surface area contributed by atoms with E-state index in [4.69, 9.17) is 5.11 Å². The standard InChI is InChI=1S/C13H17NO5S/c1-10(8-9-11(2)15)13(14(16)17)20(18,19)12-6-4-3-5-7-12/h3-11,13,15H,1-2H3. The number of sulfone groups is 1. The van der Waals surface area contributed by atoms with Gasteiger partial charge in [-0.2, -0.15) is 0 Å². The monoisotopic (exact) mass is 299 g/mol. The Bertz CT molecular complexity index is 580. The van der Waals surface area contributed by atoms with Crippen molar-refractivity contribution in [3.63, 3.8) is 0 Å². The van der Waals surface area contributed by atoms with E-state index >= 15 is 0 Å². The maximum atomic E-state index is 12.3. The average Bonchev–Trinajstić information content (AvgIpc) is 2.36. The predicted molar refractivity (Wildman–Crippen MR) is 74.4 cm³/mol. The lowest BCUT2D eigenvalue weighted by Crippen LogP contribution is -2.35. The lowest BCUT2D eigenvalue weighted by molar-refractivity contribution is -0.503. The molecular formula is C13H17NO5S. The minimum Gasteiger partial charge on any atom is -0.389 e. The number of nitrogens with zero attached hydrogens (tertiary/aromatic N) is 1. The summed E-state index contributed by atoms with van der Waals surface area (Å²) in [5.74, 6) is -0.857. The van der Waals surface area contributed by atoms with Gasteiger partial charge in [-0.3, -0.25) is 10.1 Å². The minimum atomic E-state index is -4.08. The van der Waals surface area contributed by atoms with E-state index in [-0.39, 0.29) is 4.90 Å². The summed E-state index contributed by atoms with van der Waals surface area (Å²) in [5, 5.41) is 18.5. The normalized spacial score (nSPS) is 16.8. The van der Waals surface area contributed by atoms with Crippen LogP contribution >= 0.6 is 0 Å². The summed E-state index contributed by atoms with van der Waals surface area (Å²) in [6, 6.07) is 7.32. The summed E-state index contributed by atoms with van der Waals surface area (Å²) >= 11 is 0. The summed E-state index contributed by atoms with van der Waals surface area (Å²) in [6.45, 7) is 2.92. The molecule has 0 radical (unpaired) electrons. The van der Waals surface area contributed by atoms with Gasteiger partial charge in [-0.25, -0.2) is 8.42 Å². The first-order valence-corrected chi connectivity index (χ1v) is 7.60. The first-order valence-electron chi connectivity index (χ1n) is 6.05. The van der Waals surface area contributed by atoms with Gasteiger partial charge in [0.05, 0.1) is 16.9 Å². The van der Waals surface area contributed by atoms with Gasteiger partial charge in [0.1, 0.15) is 0 Å². The maximum Gasteiger partial charge on any atom is 0.320 e. The second-order valence-electron chi connectivity index (χ2n) is 4.52. The zero-order valence-electron chi connectivity index (χ0n) is 11.2. The van der Waals surface area contributed by atoms with E-state index in [1.807, 2.05) is 0 Å². The summed E-state index contributed by atoms with van der Waals surface area (Å²) in [7, 11) is -4.08. The van der Waals surface area contributed by atoms with Crippen LogP contribution in [0.25, 0.3) is 0 Å². The topological polar surface area (TPSA) is 97.5 Å². The van der Waals surface area contributed by atoms with Crippen LogP contribution in [0.1, 0.15) is 13.8 Å². The van der Waals surface area contributed by atoms with Gasteiger partial charge in [0.25, 0.3) is 0 Å². The van der Waals surface area contributed by atoms with Gasteiger partial charge in [0.15, 0.2) is 0 Å². The Balaban J connectivity index is 3.18. The van der Waals surface area contributed by atoms with Crippen molar-refractivity contribution in [1.82, 2.24) is 0 Å². The van der Waals surface area contributed by atoms with Crippen LogP contribution in [0.15, 0.2) is 47.4 Å². The Kier molecular flexibility index (Phi) is 5.41. The molecule has 1 rings (SSSR count). The highest BCUT2D eigenvalue weighted by Gasteiger charge is 2.41. The fourth-order valence-corrected chi connectivity index (χ4v) is 3.47. The van der Waals surface area contributed by atoms with Gasteiger partial charge in [-0.15, -0.1) is 0 Å². The van der Waals surface area contributed by atoms with Crippen molar-refractivity contribution in [3.8, 4) is 0 Å². The molecule has 3 atom stereocenters. The molecule has 6 nitrogen and oxygen atoms in total. The third kappa shape index (κ3) is 3.88. The molecule has 0 amide bonds. The summed E-state index contributed by atoms with van der Waals surface area (Å²) < 4.78 is 24.6. The minimum absolute atomic E-state index is 0.0843. The molecule has 20 heavy (non-hydrogen) atoms. The van der Waals surface area contributed by atoms with Gasteiger partial charge in [-0.1, -0.05) is 37.3 Å². The molecule has 1 aromatic rings. The summed E-state index contributed by atoms with van der Waals surface area (Å²) in [4.78, 5) is 10.2. The highest BCUT2D eigenvalue weighted by molar-refractivity contribution is 7.91. The molecule has 3 unspecified atom stereocenters. The average molecular weight is 299 g/mol. The Morgan fingerprint density at radius 3 is 2.20 bits per heavy atom. The van der Waals surface area contributed by atoms with E-state index in [9.17, 15) is 18.5 Å². The third-order valence-corrected chi connectivity index (χ3v) is 4.91. The molecule has 0 fully saturated rings. The van der Waals surface area contributed by atoms with Crippen LogP contribution in [0.2, 0.25) is 0 Å². The zero-order chi connectivity index (χ0) is 15.3. The van der Waals surface area contributed by atoms with Crippen LogP contribution in [0.3, 0.4) is 0 Å². The smallest absolute Gasteiger partial charge is 0.320 e. The molecule has 0 aliphatic carbocycles. The molecule has 1 N–H and O–H groups in total. The van der Waals surface area contributed by atoms with Crippen molar-refractivity contribution in [2.24, 2.45) is 5.92 Å². The molecule has 110 valence electrons. The lowest BCUT2D eigenvalue weighted by atomic mass is 10.1. The Labute approximate surface area is 117 Å². The number of rotatable bonds is 6. The number of aliphatic hydroxyl groups excluding tert-OH is 1. The van der Waals surface area contributed by atoms with Gasteiger partial charge >= 0.3 is 5.37 Å². The van der Waals surface area contributed by atoms with Gasteiger partial charge < -0.3 is 5.11 Å². The molecule has 0 aliphatic rings. The van der Waals surface area contributed by atoms with Crippen molar-refractivity contribution in [1.29, 1.82) is 0 Å². The van der Waals surface area contributed by atoms with Crippen molar-refractivity contribution in [2.75, 3.05) is 0 Å². The van der Waals surface area contributed by atoms with E-state index in [1.54, 1.807) is 6.07 Å². The highest BCUT2D eigenvalue weighted by atomic mass is 32.2. The van der Waals surface area contributed by atoms with E-state index in [1.165, 1.54) is 50.3 Å². The lowest BCUT2D eigenvalue weighted by Gasteiger charge is -2.14. The molecule has 7 heteroatoms. The fraction of sp³-hybridized carbons (Fsp3) is 0.385. The largest absolute Gasteiger partial charge is 0.389 e. The SMILES string of the molecule is CC(O)C=CC(C)C([N+](=O)[O-])S(=O)(=O)c1ccccc1. The van der Waals surface area contributed by atoms with Gasteiger partial charge in [-0.05, 0) is 19.1 Å². The number of aliphatic hydroxyl groups is 1. The van der Waals surface area contributed by atoms with Crippen LogP contribution in [-0.2, 0) is 9.84 Å².